The standard InChI is InChI=1S/C16H19BrN2OS/c1-11-16(17)13-6-2-3-7-14(13)19(11)10-15(20)18-9-12-5-4-8-21-12/h2-3,6-7,12H,4-5,8-10H2,1H3,(H,18,20). The third-order valence-electron chi connectivity index (χ3n) is 4.01. The molecule has 3 nitrogen and oxygen atoms in total. The van der Waals surface area contributed by atoms with E-state index in [9.17, 15) is 4.79 Å². The van der Waals surface area contributed by atoms with Gasteiger partial charge in [0.05, 0.1) is 0 Å². The van der Waals surface area contributed by atoms with Crippen LogP contribution in [0.1, 0.15) is 18.5 Å². The van der Waals surface area contributed by atoms with Gasteiger partial charge in [0.1, 0.15) is 6.54 Å². The number of carbonyl (C=O) groups excluding carboxylic acids is 1. The Morgan fingerprint density at radius 3 is 3.05 bits per heavy atom. The number of rotatable bonds is 4. The van der Waals surface area contributed by atoms with Gasteiger partial charge in [-0.1, -0.05) is 18.2 Å². The second kappa shape index (κ2) is 6.44. The molecular weight excluding hydrogens is 348 g/mol. The quantitative estimate of drug-likeness (QED) is 0.894. The number of fused-ring (bicyclic) bond motifs is 1. The number of carbonyl (C=O) groups is 1. The highest BCUT2D eigenvalue weighted by Crippen LogP contribution is 2.30. The van der Waals surface area contributed by atoms with Crippen molar-refractivity contribution in [1.29, 1.82) is 0 Å². The molecule has 1 saturated heterocycles. The van der Waals surface area contributed by atoms with Crippen LogP contribution in [0, 0.1) is 6.92 Å². The van der Waals surface area contributed by atoms with Crippen LogP contribution >= 0.6 is 27.7 Å². The van der Waals surface area contributed by atoms with Crippen LogP contribution in [0.15, 0.2) is 28.7 Å². The minimum absolute atomic E-state index is 0.0962. The smallest absolute Gasteiger partial charge is 0.239 e. The summed E-state index contributed by atoms with van der Waals surface area (Å²) in [7, 11) is 0. The fourth-order valence-corrected chi connectivity index (χ4v) is 4.58. The molecule has 2 heterocycles. The lowest BCUT2D eigenvalue weighted by Crippen LogP contribution is -2.32. The van der Waals surface area contributed by atoms with Gasteiger partial charge in [0.2, 0.25) is 5.91 Å². The van der Waals surface area contributed by atoms with Crippen molar-refractivity contribution < 1.29 is 4.79 Å². The van der Waals surface area contributed by atoms with Crippen LogP contribution in [0.25, 0.3) is 10.9 Å². The molecule has 1 aliphatic rings. The number of benzene rings is 1. The Bertz CT molecular complexity index is 662. The number of nitrogens with one attached hydrogen (secondary N) is 1. The Labute approximate surface area is 137 Å². The lowest BCUT2D eigenvalue weighted by Gasteiger charge is -2.12. The molecule has 0 bridgehead atoms. The van der Waals surface area contributed by atoms with Gasteiger partial charge in [-0.05, 0) is 47.5 Å². The number of thioether (sulfide) groups is 1. The molecule has 1 unspecified atom stereocenters. The zero-order valence-corrected chi connectivity index (χ0v) is 14.5. The highest BCUT2D eigenvalue weighted by atomic mass is 79.9. The Hall–Kier alpha value is -0.940. The van der Waals surface area contributed by atoms with Crippen LogP contribution in [0.5, 0.6) is 0 Å². The number of para-hydroxylation sites is 1. The van der Waals surface area contributed by atoms with Crippen LogP contribution in [0.2, 0.25) is 0 Å². The fraction of sp³-hybridized carbons (Fsp3) is 0.438. The van der Waals surface area contributed by atoms with E-state index in [4.69, 9.17) is 0 Å². The maximum absolute atomic E-state index is 12.2. The Kier molecular flexibility index (Phi) is 4.60. The average molecular weight is 367 g/mol. The molecule has 21 heavy (non-hydrogen) atoms. The SMILES string of the molecule is Cc1c(Br)c2ccccc2n1CC(=O)NCC1CCCS1. The van der Waals surface area contributed by atoms with E-state index in [0.29, 0.717) is 11.8 Å². The van der Waals surface area contributed by atoms with Crippen molar-refractivity contribution in [1.82, 2.24) is 9.88 Å². The van der Waals surface area contributed by atoms with Gasteiger partial charge in [-0.15, -0.1) is 0 Å². The lowest BCUT2D eigenvalue weighted by molar-refractivity contribution is -0.121. The van der Waals surface area contributed by atoms with E-state index in [2.05, 4.69) is 37.9 Å². The molecule has 1 aliphatic heterocycles. The summed E-state index contributed by atoms with van der Waals surface area (Å²) < 4.78 is 3.16. The topological polar surface area (TPSA) is 34.0 Å². The summed E-state index contributed by atoms with van der Waals surface area (Å²) in [5.74, 6) is 1.33. The average Bonchev–Trinajstić information content (AvgIpc) is 3.09. The van der Waals surface area contributed by atoms with Gasteiger partial charge in [-0.3, -0.25) is 4.79 Å². The van der Waals surface area contributed by atoms with E-state index < -0.39 is 0 Å². The molecule has 2 aromatic rings. The van der Waals surface area contributed by atoms with E-state index in [1.54, 1.807) is 0 Å². The summed E-state index contributed by atoms with van der Waals surface area (Å²) >= 11 is 5.60. The monoisotopic (exact) mass is 366 g/mol. The predicted molar refractivity (Wildman–Crippen MR) is 92.9 cm³/mol. The molecule has 1 fully saturated rings. The van der Waals surface area contributed by atoms with Crippen LogP contribution < -0.4 is 5.32 Å². The first-order valence-corrected chi connectivity index (χ1v) is 9.12. The van der Waals surface area contributed by atoms with Gasteiger partial charge in [0, 0.05) is 32.9 Å². The van der Waals surface area contributed by atoms with E-state index in [1.807, 2.05) is 30.8 Å². The third kappa shape index (κ3) is 3.14. The van der Waals surface area contributed by atoms with Gasteiger partial charge in [0.25, 0.3) is 0 Å². The van der Waals surface area contributed by atoms with Gasteiger partial charge in [-0.25, -0.2) is 0 Å². The van der Waals surface area contributed by atoms with E-state index >= 15 is 0 Å². The molecule has 0 aliphatic carbocycles. The summed E-state index contributed by atoms with van der Waals surface area (Å²) in [6.07, 6.45) is 2.50. The minimum atomic E-state index is 0.0962. The van der Waals surface area contributed by atoms with Crippen molar-refractivity contribution in [2.75, 3.05) is 12.3 Å². The van der Waals surface area contributed by atoms with Crippen LogP contribution in [-0.2, 0) is 11.3 Å². The Morgan fingerprint density at radius 2 is 2.29 bits per heavy atom. The van der Waals surface area contributed by atoms with Crippen LogP contribution in [0.3, 0.4) is 0 Å². The molecule has 112 valence electrons. The molecule has 1 aromatic heterocycles. The normalized spacial score (nSPS) is 18.3. The van der Waals surface area contributed by atoms with Gasteiger partial charge in [0.15, 0.2) is 0 Å². The fourth-order valence-electron chi connectivity index (χ4n) is 2.82. The molecule has 5 heteroatoms. The van der Waals surface area contributed by atoms with Crippen molar-refractivity contribution in [3.8, 4) is 0 Å². The summed E-state index contributed by atoms with van der Waals surface area (Å²) in [4.78, 5) is 12.2. The first kappa shape index (κ1) is 15.0. The number of amides is 1. The lowest BCUT2D eigenvalue weighted by atomic mass is 10.2. The predicted octanol–water partition coefficient (Wildman–Crippen LogP) is 3.72. The zero-order chi connectivity index (χ0) is 14.8. The number of nitrogens with zero attached hydrogens (tertiary/aromatic N) is 1. The first-order chi connectivity index (χ1) is 10.2. The largest absolute Gasteiger partial charge is 0.353 e. The van der Waals surface area contributed by atoms with Crippen LogP contribution in [-0.4, -0.2) is 28.0 Å². The first-order valence-electron chi connectivity index (χ1n) is 7.28. The number of aromatic nitrogens is 1. The molecule has 1 N–H and O–H groups in total. The number of hydrogen-bond acceptors (Lipinski definition) is 2. The van der Waals surface area contributed by atoms with Crippen molar-refractivity contribution in [2.24, 2.45) is 0 Å². The van der Waals surface area contributed by atoms with E-state index in [-0.39, 0.29) is 5.91 Å². The summed E-state index contributed by atoms with van der Waals surface area (Å²) in [6.45, 7) is 3.22. The third-order valence-corrected chi connectivity index (χ3v) is 6.41. The minimum Gasteiger partial charge on any atom is -0.353 e. The number of hydrogen-bond donors (Lipinski definition) is 1. The van der Waals surface area contributed by atoms with Crippen molar-refractivity contribution in [2.45, 2.75) is 31.6 Å². The maximum atomic E-state index is 12.2. The van der Waals surface area contributed by atoms with Crippen molar-refractivity contribution in [3.05, 3.63) is 34.4 Å². The molecule has 0 saturated carbocycles. The molecule has 0 radical (unpaired) electrons. The summed E-state index contributed by atoms with van der Waals surface area (Å²) in [5.41, 5.74) is 2.20. The van der Waals surface area contributed by atoms with E-state index in [1.165, 1.54) is 18.6 Å². The number of halogens is 1. The second-order valence-electron chi connectivity index (χ2n) is 5.44. The zero-order valence-electron chi connectivity index (χ0n) is 12.1. The highest BCUT2D eigenvalue weighted by Gasteiger charge is 2.17. The van der Waals surface area contributed by atoms with Gasteiger partial charge < -0.3 is 9.88 Å². The van der Waals surface area contributed by atoms with Crippen molar-refractivity contribution in [3.63, 3.8) is 0 Å². The van der Waals surface area contributed by atoms with Gasteiger partial charge in [-0.2, -0.15) is 11.8 Å². The van der Waals surface area contributed by atoms with Gasteiger partial charge >= 0.3 is 0 Å². The molecule has 1 amide bonds. The highest BCUT2D eigenvalue weighted by molar-refractivity contribution is 9.10. The molecule has 0 spiro atoms. The molecule has 1 aromatic carbocycles. The molecule has 1 atom stereocenters. The van der Waals surface area contributed by atoms with E-state index in [0.717, 1.165) is 27.6 Å². The Morgan fingerprint density at radius 1 is 1.48 bits per heavy atom. The molecule has 3 rings (SSSR count). The second-order valence-corrected chi connectivity index (χ2v) is 7.64. The van der Waals surface area contributed by atoms with Crippen LogP contribution in [0.4, 0.5) is 0 Å². The summed E-state index contributed by atoms with van der Waals surface area (Å²) in [5, 5.41) is 4.84. The van der Waals surface area contributed by atoms with Crippen molar-refractivity contribution >= 4 is 44.5 Å². The Balaban J connectivity index is 1.72. The molecular formula is C16H19BrN2OS. The summed E-state index contributed by atoms with van der Waals surface area (Å²) in [6, 6.07) is 8.18. The maximum Gasteiger partial charge on any atom is 0.239 e.